The number of carbonyl (C=O) groups is 1. The highest BCUT2D eigenvalue weighted by Crippen LogP contribution is 2.26. The van der Waals surface area contributed by atoms with Gasteiger partial charge in [0.2, 0.25) is 0 Å². The minimum atomic E-state index is -0.0693. The van der Waals surface area contributed by atoms with E-state index in [1.54, 1.807) is 18.0 Å². The zero-order chi connectivity index (χ0) is 13.7. The van der Waals surface area contributed by atoms with Gasteiger partial charge in [-0.05, 0) is 24.3 Å². The molecule has 4 heteroatoms. The fourth-order valence-electron chi connectivity index (χ4n) is 1.69. The molecule has 100 valence electrons. The Kier molecular flexibility index (Phi) is 4.68. The highest BCUT2D eigenvalue weighted by Gasteiger charge is 2.12. The molecule has 0 aliphatic heterocycles. The molecule has 19 heavy (non-hydrogen) atoms. The summed E-state index contributed by atoms with van der Waals surface area (Å²) in [6.45, 7) is 4.64. The summed E-state index contributed by atoms with van der Waals surface area (Å²) in [5.41, 5.74) is 0.716. The molecule has 1 aromatic carbocycles. The highest BCUT2D eigenvalue weighted by atomic mass is 32.2. The Hall–Kier alpha value is -1.68. The number of hydrogen-bond acceptors (Lipinski definition) is 3. The number of nitrogens with one attached hydrogen (secondary N) is 1. The third-order valence-corrected chi connectivity index (χ3v) is 3.58. The van der Waals surface area contributed by atoms with E-state index in [1.165, 1.54) is 0 Å². The first-order valence-corrected chi connectivity index (χ1v) is 7.11. The average Bonchev–Trinajstić information content (AvgIpc) is 2.89. The number of furan rings is 1. The van der Waals surface area contributed by atoms with Crippen molar-refractivity contribution in [2.75, 3.05) is 0 Å². The van der Waals surface area contributed by atoms with Crippen molar-refractivity contribution in [2.24, 2.45) is 0 Å². The van der Waals surface area contributed by atoms with E-state index in [0.29, 0.717) is 17.4 Å². The molecule has 1 aromatic heterocycles. The molecule has 0 bridgehead atoms. The van der Waals surface area contributed by atoms with E-state index in [4.69, 9.17) is 4.42 Å². The van der Waals surface area contributed by atoms with E-state index < -0.39 is 0 Å². The van der Waals surface area contributed by atoms with Crippen LogP contribution in [0.2, 0.25) is 0 Å². The topological polar surface area (TPSA) is 42.2 Å². The van der Waals surface area contributed by atoms with Crippen LogP contribution in [-0.2, 0) is 6.54 Å². The van der Waals surface area contributed by atoms with Crippen molar-refractivity contribution in [3.05, 3.63) is 54.0 Å². The van der Waals surface area contributed by atoms with Gasteiger partial charge in [-0.25, -0.2) is 0 Å². The minimum absolute atomic E-state index is 0.0693. The molecule has 0 unspecified atom stereocenters. The second kappa shape index (κ2) is 6.48. The van der Waals surface area contributed by atoms with Gasteiger partial charge in [0.15, 0.2) is 0 Å². The Morgan fingerprint density at radius 1 is 1.26 bits per heavy atom. The van der Waals surface area contributed by atoms with Gasteiger partial charge in [-0.3, -0.25) is 4.79 Å². The van der Waals surface area contributed by atoms with E-state index in [9.17, 15) is 4.79 Å². The Bertz CT molecular complexity index is 535. The molecule has 0 radical (unpaired) electrons. The lowest BCUT2D eigenvalue weighted by molar-refractivity contribution is 0.0945. The molecule has 0 saturated carbocycles. The standard InChI is InChI=1S/C15H17NO2S/c1-11(2)19-14-8-4-3-7-13(14)15(17)16-10-12-6-5-9-18-12/h3-9,11H,10H2,1-2H3,(H,16,17). The van der Waals surface area contributed by atoms with Crippen LogP contribution in [0.1, 0.15) is 30.0 Å². The number of benzene rings is 1. The van der Waals surface area contributed by atoms with Crippen LogP contribution in [-0.4, -0.2) is 11.2 Å². The third kappa shape index (κ3) is 3.89. The van der Waals surface area contributed by atoms with Crippen molar-refractivity contribution in [3.63, 3.8) is 0 Å². The van der Waals surface area contributed by atoms with E-state index in [1.807, 2.05) is 36.4 Å². The fourth-order valence-corrected chi connectivity index (χ4v) is 2.64. The maximum absolute atomic E-state index is 12.2. The lowest BCUT2D eigenvalue weighted by atomic mass is 10.2. The predicted octanol–water partition coefficient (Wildman–Crippen LogP) is 3.71. The van der Waals surface area contributed by atoms with Gasteiger partial charge < -0.3 is 9.73 Å². The Morgan fingerprint density at radius 3 is 2.74 bits per heavy atom. The summed E-state index contributed by atoms with van der Waals surface area (Å²) in [5.74, 6) is 0.683. The lowest BCUT2D eigenvalue weighted by Gasteiger charge is -2.10. The third-order valence-electron chi connectivity index (χ3n) is 2.50. The summed E-state index contributed by atoms with van der Waals surface area (Å²) in [6, 6.07) is 11.3. The molecule has 0 aliphatic carbocycles. The first-order valence-electron chi connectivity index (χ1n) is 6.23. The quantitative estimate of drug-likeness (QED) is 0.846. The van der Waals surface area contributed by atoms with Crippen LogP contribution in [0.3, 0.4) is 0 Å². The Morgan fingerprint density at radius 2 is 2.05 bits per heavy atom. The molecule has 0 saturated heterocycles. The van der Waals surface area contributed by atoms with Crippen molar-refractivity contribution in [1.82, 2.24) is 5.32 Å². The Labute approximate surface area is 117 Å². The van der Waals surface area contributed by atoms with E-state index >= 15 is 0 Å². The molecule has 3 nitrogen and oxygen atoms in total. The summed E-state index contributed by atoms with van der Waals surface area (Å²) in [6.07, 6.45) is 1.60. The summed E-state index contributed by atoms with van der Waals surface area (Å²) >= 11 is 1.69. The maximum atomic E-state index is 12.2. The summed E-state index contributed by atoms with van der Waals surface area (Å²) < 4.78 is 5.19. The number of rotatable bonds is 5. The van der Waals surface area contributed by atoms with Gasteiger partial charge >= 0.3 is 0 Å². The first kappa shape index (κ1) is 13.7. The van der Waals surface area contributed by atoms with Gasteiger partial charge in [0.1, 0.15) is 5.76 Å². The predicted molar refractivity (Wildman–Crippen MR) is 77.3 cm³/mol. The molecular formula is C15H17NO2S. The second-order valence-corrected chi connectivity index (χ2v) is 6.04. The number of hydrogen-bond donors (Lipinski definition) is 1. The first-order chi connectivity index (χ1) is 9.16. The zero-order valence-corrected chi connectivity index (χ0v) is 11.9. The van der Waals surface area contributed by atoms with Crippen molar-refractivity contribution < 1.29 is 9.21 Å². The van der Waals surface area contributed by atoms with Gasteiger partial charge in [-0.2, -0.15) is 0 Å². The van der Waals surface area contributed by atoms with Crippen LogP contribution in [0.4, 0.5) is 0 Å². The minimum Gasteiger partial charge on any atom is -0.467 e. The van der Waals surface area contributed by atoms with Crippen LogP contribution in [0.25, 0.3) is 0 Å². The van der Waals surface area contributed by atoms with Crippen LogP contribution in [0.5, 0.6) is 0 Å². The monoisotopic (exact) mass is 275 g/mol. The summed E-state index contributed by atoms with van der Waals surface area (Å²) in [4.78, 5) is 13.2. The van der Waals surface area contributed by atoms with Crippen molar-refractivity contribution in [3.8, 4) is 0 Å². The molecule has 1 N–H and O–H groups in total. The summed E-state index contributed by atoms with van der Waals surface area (Å²) in [7, 11) is 0. The molecule has 1 heterocycles. The SMILES string of the molecule is CC(C)Sc1ccccc1C(=O)NCc1ccco1. The van der Waals surface area contributed by atoms with Crippen LogP contribution < -0.4 is 5.32 Å². The molecule has 0 atom stereocenters. The average molecular weight is 275 g/mol. The fraction of sp³-hybridized carbons (Fsp3) is 0.267. The number of amides is 1. The summed E-state index contributed by atoms with van der Waals surface area (Å²) in [5, 5.41) is 3.31. The number of carbonyl (C=O) groups excluding carboxylic acids is 1. The molecule has 0 aliphatic rings. The Balaban J connectivity index is 2.06. The van der Waals surface area contributed by atoms with Gasteiger partial charge in [0, 0.05) is 10.1 Å². The van der Waals surface area contributed by atoms with Gasteiger partial charge in [0.25, 0.3) is 5.91 Å². The second-order valence-electron chi connectivity index (χ2n) is 4.42. The van der Waals surface area contributed by atoms with Crippen molar-refractivity contribution >= 4 is 17.7 Å². The molecule has 1 amide bonds. The van der Waals surface area contributed by atoms with E-state index in [2.05, 4.69) is 19.2 Å². The smallest absolute Gasteiger partial charge is 0.252 e. The van der Waals surface area contributed by atoms with Crippen molar-refractivity contribution in [2.45, 2.75) is 30.5 Å². The normalized spacial score (nSPS) is 10.7. The number of thioether (sulfide) groups is 1. The molecule has 0 fully saturated rings. The van der Waals surface area contributed by atoms with Gasteiger partial charge in [-0.1, -0.05) is 26.0 Å². The van der Waals surface area contributed by atoms with E-state index in [0.717, 1.165) is 10.7 Å². The molecule has 2 rings (SSSR count). The zero-order valence-electron chi connectivity index (χ0n) is 11.1. The molecular weight excluding hydrogens is 258 g/mol. The van der Waals surface area contributed by atoms with Gasteiger partial charge in [-0.15, -0.1) is 11.8 Å². The van der Waals surface area contributed by atoms with Crippen LogP contribution in [0, 0.1) is 0 Å². The highest BCUT2D eigenvalue weighted by molar-refractivity contribution is 8.00. The largest absolute Gasteiger partial charge is 0.467 e. The van der Waals surface area contributed by atoms with Crippen LogP contribution in [0.15, 0.2) is 52.0 Å². The van der Waals surface area contributed by atoms with Crippen molar-refractivity contribution in [1.29, 1.82) is 0 Å². The van der Waals surface area contributed by atoms with Gasteiger partial charge in [0.05, 0.1) is 18.4 Å². The molecule has 2 aromatic rings. The molecule has 0 spiro atoms. The lowest BCUT2D eigenvalue weighted by Crippen LogP contribution is -2.23. The maximum Gasteiger partial charge on any atom is 0.252 e. The van der Waals surface area contributed by atoms with Crippen LogP contribution >= 0.6 is 11.8 Å². The van der Waals surface area contributed by atoms with E-state index in [-0.39, 0.29) is 5.91 Å².